The smallest absolute Gasteiger partial charge is 0.255 e. The number of nitrogens with two attached hydrogens (primary N) is 1. The van der Waals surface area contributed by atoms with Crippen molar-refractivity contribution in [3.63, 3.8) is 0 Å². The Balaban J connectivity index is 2.27. The molecular formula is C15H15FN2O. The first-order valence-electron chi connectivity index (χ1n) is 5.91. The van der Waals surface area contributed by atoms with Gasteiger partial charge >= 0.3 is 0 Å². The van der Waals surface area contributed by atoms with E-state index in [1.165, 1.54) is 18.2 Å². The lowest BCUT2D eigenvalue weighted by Gasteiger charge is -2.11. The Morgan fingerprint density at radius 3 is 2.58 bits per heavy atom. The lowest BCUT2D eigenvalue weighted by Crippen LogP contribution is -2.13. The van der Waals surface area contributed by atoms with Crippen LogP contribution in [0.2, 0.25) is 0 Å². The first-order valence-corrected chi connectivity index (χ1v) is 5.91. The molecule has 3 N–H and O–H groups in total. The Bertz CT molecular complexity index is 638. The summed E-state index contributed by atoms with van der Waals surface area (Å²) < 4.78 is 13.1. The van der Waals surface area contributed by atoms with Crippen LogP contribution in [0.3, 0.4) is 0 Å². The summed E-state index contributed by atoms with van der Waals surface area (Å²) >= 11 is 0. The number of anilines is 2. The monoisotopic (exact) mass is 258 g/mol. The molecule has 1 amide bonds. The summed E-state index contributed by atoms with van der Waals surface area (Å²) in [5.41, 5.74) is 9.20. The number of nitrogen functional groups attached to an aromatic ring is 1. The fraction of sp³-hybridized carbons (Fsp3) is 0.133. The molecule has 4 heteroatoms. The summed E-state index contributed by atoms with van der Waals surface area (Å²) in [6, 6.07) is 9.19. The van der Waals surface area contributed by atoms with E-state index in [4.69, 9.17) is 5.73 Å². The molecule has 0 aliphatic heterocycles. The largest absolute Gasteiger partial charge is 0.399 e. The minimum atomic E-state index is -0.433. The first kappa shape index (κ1) is 13.1. The zero-order valence-electron chi connectivity index (χ0n) is 10.8. The van der Waals surface area contributed by atoms with E-state index >= 15 is 0 Å². The fourth-order valence-electron chi connectivity index (χ4n) is 1.80. The van der Waals surface area contributed by atoms with Crippen molar-refractivity contribution < 1.29 is 9.18 Å². The van der Waals surface area contributed by atoms with E-state index in [0.29, 0.717) is 11.4 Å². The summed E-state index contributed by atoms with van der Waals surface area (Å²) in [7, 11) is 0. The van der Waals surface area contributed by atoms with Crippen molar-refractivity contribution in [3.05, 3.63) is 58.9 Å². The third-order valence-electron chi connectivity index (χ3n) is 2.95. The van der Waals surface area contributed by atoms with E-state index in [2.05, 4.69) is 5.32 Å². The molecular weight excluding hydrogens is 243 g/mol. The van der Waals surface area contributed by atoms with Gasteiger partial charge in [-0.05, 0) is 55.3 Å². The highest BCUT2D eigenvalue weighted by atomic mass is 19.1. The van der Waals surface area contributed by atoms with Crippen molar-refractivity contribution in [2.75, 3.05) is 11.1 Å². The highest BCUT2D eigenvalue weighted by Crippen LogP contribution is 2.22. The molecule has 0 bridgehead atoms. The van der Waals surface area contributed by atoms with Crippen LogP contribution < -0.4 is 11.1 Å². The van der Waals surface area contributed by atoms with Gasteiger partial charge in [-0.3, -0.25) is 4.79 Å². The predicted molar refractivity (Wildman–Crippen MR) is 74.7 cm³/mol. The Hall–Kier alpha value is -2.36. The molecule has 2 rings (SSSR count). The molecule has 3 nitrogen and oxygen atoms in total. The van der Waals surface area contributed by atoms with Crippen LogP contribution in [-0.2, 0) is 0 Å². The lowest BCUT2D eigenvalue weighted by molar-refractivity contribution is 0.102. The second-order valence-electron chi connectivity index (χ2n) is 4.49. The summed E-state index contributed by atoms with van der Waals surface area (Å²) in [4.78, 5) is 12.0. The minimum absolute atomic E-state index is 0.286. The number of rotatable bonds is 2. The van der Waals surface area contributed by atoms with Crippen molar-refractivity contribution in [2.45, 2.75) is 13.8 Å². The second-order valence-corrected chi connectivity index (χ2v) is 4.49. The number of carbonyl (C=O) groups excluding carboxylic acids is 1. The average Bonchev–Trinajstić information content (AvgIpc) is 2.36. The van der Waals surface area contributed by atoms with Crippen LogP contribution in [0.15, 0.2) is 36.4 Å². The number of hydrogen-bond acceptors (Lipinski definition) is 2. The van der Waals surface area contributed by atoms with Crippen LogP contribution in [-0.4, -0.2) is 5.91 Å². The molecule has 19 heavy (non-hydrogen) atoms. The van der Waals surface area contributed by atoms with Crippen LogP contribution in [0.1, 0.15) is 21.5 Å². The van der Waals surface area contributed by atoms with Crippen LogP contribution in [0, 0.1) is 19.7 Å². The van der Waals surface area contributed by atoms with E-state index in [9.17, 15) is 9.18 Å². The summed E-state index contributed by atoms with van der Waals surface area (Å²) in [5, 5.41) is 2.76. The van der Waals surface area contributed by atoms with Gasteiger partial charge in [0.05, 0.1) is 0 Å². The van der Waals surface area contributed by atoms with Crippen molar-refractivity contribution in [1.29, 1.82) is 0 Å². The van der Waals surface area contributed by atoms with Crippen LogP contribution >= 0.6 is 0 Å². The third-order valence-corrected chi connectivity index (χ3v) is 2.95. The molecule has 98 valence electrons. The number of nitrogens with one attached hydrogen (secondary N) is 1. The highest BCUT2D eigenvalue weighted by Gasteiger charge is 2.09. The SMILES string of the molecule is Cc1cc(NC(=O)c2cccc(F)c2)c(C)cc1N. The van der Waals surface area contributed by atoms with Gasteiger partial charge in [-0.25, -0.2) is 4.39 Å². The van der Waals surface area contributed by atoms with Crippen molar-refractivity contribution in [1.82, 2.24) is 0 Å². The van der Waals surface area contributed by atoms with Crippen LogP contribution in [0.5, 0.6) is 0 Å². The minimum Gasteiger partial charge on any atom is -0.399 e. The van der Waals surface area contributed by atoms with E-state index in [1.54, 1.807) is 12.1 Å². The molecule has 2 aromatic rings. The van der Waals surface area contributed by atoms with Gasteiger partial charge in [-0.1, -0.05) is 6.07 Å². The maximum absolute atomic E-state index is 13.1. The Morgan fingerprint density at radius 1 is 1.16 bits per heavy atom. The standard InChI is InChI=1S/C15H15FN2O/c1-9-7-14(10(2)6-13(9)17)18-15(19)11-4-3-5-12(16)8-11/h3-8H,17H2,1-2H3,(H,18,19). The maximum atomic E-state index is 13.1. The molecule has 0 spiro atoms. The average molecular weight is 258 g/mol. The van der Waals surface area contributed by atoms with Gasteiger partial charge in [0.15, 0.2) is 0 Å². The number of benzene rings is 2. The molecule has 0 aromatic heterocycles. The maximum Gasteiger partial charge on any atom is 0.255 e. The van der Waals surface area contributed by atoms with Crippen molar-refractivity contribution in [3.8, 4) is 0 Å². The lowest BCUT2D eigenvalue weighted by atomic mass is 10.1. The molecule has 0 heterocycles. The van der Waals surface area contributed by atoms with Gasteiger partial charge in [-0.2, -0.15) is 0 Å². The first-order chi connectivity index (χ1) is 8.97. The number of aryl methyl sites for hydroxylation is 2. The third kappa shape index (κ3) is 2.91. The van der Waals surface area contributed by atoms with Gasteiger partial charge in [-0.15, -0.1) is 0 Å². The molecule has 0 saturated heterocycles. The molecule has 0 radical (unpaired) electrons. The Morgan fingerprint density at radius 2 is 1.89 bits per heavy atom. The van der Waals surface area contributed by atoms with Gasteiger partial charge in [0, 0.05) is 16.9 Å². The molecule has 0 atom stereocenters. The summed E-state index contributed by atoms with van der Waals surface area (Å²) in [5.74, 6) is -0.773. The van der Waals surface area contributed by atoms with Gasteiger partial charge in [0.25, 0.3) is 5.91 Å². The van der Waals surface area contributed by atoms with Crippen molar-refractivity contribution >= 4 is 17.3 Å². The number of hydrogen-bond donors (Lipinski definition) is 2. The van der Waals surface area contributed by atoms with Crippen LogP contribution in [0.25, 0.3) is 0 Å². The zero-order chi connectivity index (χ0) is 14.0. The number of carbonyl (C=O) groups is 1. The van der Waals surface area contributed by atoms with Crippen LogP contribution in [0.4, 0.5) is 15.8 Å². The molecule has 0 unspecified atom stereocenters. The number of amides is 1. The normalized spacial score (nSPS) is 10.3. The van der Waals surface area contributed by atoms with E-state index in [-0.39, 0.29) is 11.5 Å². The van der Waals surface area contributed by atoms with E-state index in [0.717, 1.165) is 11.1 Å². The van der Waals surface area contributed by atoms with E-state index in [1.807, 2.05) is 19.9 Å². The quantitative estimate of drug-likeness (QED) is 0.812. The fourth-order valence-corrected chi connectivity index (χ4v) is 1.80. The number of halogens is 1. The van der Waals surface area contributed by atoms with Gasteiger partial charge in [0.2, 0.25) is 0 Å². The van der Waals surface area contributed by atoms with E-state index < -0.39 is 5.82 Å². The Kier molecular flexibility index (Phi) is 3.51. The zero-order valence-corrected chi connectivity index (χ0v) is 10.8. The van der Waals surface area contributed by atoms with Crippen molar-refractivity contribution in [2.24, 2.45) is 0 Å². The summed E-state index contributed by atoms with van der Waals surface area (Å²) in [6.45, 7) is 3.73. The summed E-state index contributed by atoms with van der Waals surface area (Å²) in [6.07, 6.45) is 0. The predicted octanol–water partition coefficient (Wildman–Crippen LogP) is 3.28. The second kappa shape index (κ2) is 5.10. The highest BCUT2D eigenvalue weighted by molar-refractivity contribution is 6.04. The molecule has 0 aliphatic carbocycles. The molecule has 0 aliphatic rings. The van der Waals surface area contributed by atoms with Gasteiger partial charge in [0.1, 0.15) is 5.82 Å². The topological polar surface area (TPSA) is 55.1 Å². The van der Waals surface area contributed by atoms with Gasteiger partial charge < -0.3 is 11.1 Å². The molecule has 0 fully saturated rings. The Labute approximate surface area is 111 Å². The molecule has 2 aromatic carbocycles. The molecule has 0 saturated carbocycles.